The fourth-order valence-electron chi connectivity index (χ4n) is 1.40. The van der Waals surface area contributed by atoms with Crippen LogP contribution in [0.25, 0.3) is 0 Å². The Morgan fingerprint density at radius 3 is 2.37 bits per heavy atom. The van der Waals surface area contributed by atoms with Gasteiger partial charge in [-0.05, 0) is 18.2 Å². The van der Waals surface area contributed by atoms with Gasteiger partial charge in [0.2, 0.25) is 5.56 Å². The van der Waals surface area contributed by atoms with Crippen LogP contribution in [-0.2, 0) is 0 Å². The number of H-pyrrole nitrogens is 1. The van der Waals surface area contributed by atoms with Gasteiger partial charge in [0.15, 0.2) is 11.6 Å². The van der Waals surface area contributed by atoms with Crippen LogP contribution < -0.4 is 10.9 Å². The lowest BCUT2D eigenvalue weighted by Crippen LogP contribution is -2.16. The van der Waals surface area contributed by atoms with Crippen molar-refractivity contribution in [3.8, 4) is 0 Å². The number of halogens is 3. The summed E-state index contributed by atoms with van der Waals surface area (Å²) in [7, 11) is 0. The van der Waals surface area contributed by atoms with Gasteiger partial charge >= 0.3 is 0 Å². The number of anilines is 1. The number of carbonyl (C=O) groups excluding carboxylic acids is 1. The Balaban J connectivity index is 2.29. The smallest absolute Gasteiger partial charge is 0.257 e. The summed E-state index contributed by atoms with van der Waals surface area (Å²) in [6.45, 7) is 0. The maximum atomic E-state index is 13.5. The van der Waals surface area contributed by atoms with Gasteiger partial charge in [-0.25, -0.2) is 8.78 Å². The van der Waals surface area contributed by atoms with Crippen molar-refractivity contribution in [2.75, 3.05) is 5.32 Å². The molecule has 19 heavy (non-hydrogen) atoms. The number of amides is 1. The van der Waals surface area contributed by atoms with Crippen LogP contribution in [0.2, 0.25) is 0 Å². The average Bonchev–Trinajstić information content (AvgIpc) is 2.34. The Labute approximate surface area is 114 Å². The van der Waals surface area contributed by atoms with Crippen LogP contribution in [-0.4, -0.2) is 10.9 Å². The molecule has 1 aromatic heterocycles. The standard InChI is InChI=1S/C12H7BrF2N2O2/c13-7-3-8(14)11(9(15)4-7)17-12(19)6-1-2-10(18)16-5-6/h1-5H,(H,16,18)(H,17,19). The zero-order valence-corrected chi connectivity index (χ0v) is 10.9. The van der Waals surface area contributed by atoms with Crippen LogP contribution in [0.15, 0.2) is 39.7 Å². The summed E-state index contributed by atoms with van der Waals surface area (Å²) < 4.78 is 27.2. The minimum absolute atomic E-state index is 0.0846. The van der Waals surface area contributed by atoms with Crippen molar-refractivity contribution in [1.82, 2.24) is 4.98 Å². The van der Waals surface area contributed by atoms with E-state index in [1.807, 2.05) is 0 Å². The summed E-state index contributed by atoms with van der Waals surface area (Å²) in [6.07, 6.45) is 1.16. The highest BCUT2D eigenvalue weighted by molar-refractivity contribution is 9.10. The highest BCUT2D eigenvalue weighted by atomic mass is 79.9. The molecule has 0 saturated carbocycles. The number of hydrogen-bond donors (Lipinski definition) is 2. The molecule has 0 aliphatic rings. The molecule has 0 aliphatic heterocycles. The molecular weight excluding hydrogens is 322 g/mol. The van der Waals surface area contributed by atoms with Crippen LogP contribution >= 0.6 is 15.9 Å². The SMILES string of the molecule is O=C(Nc1c(F)cc(Br)cc1F)c1ccc(=O)[nH]c1. The lowest BCUT2D eigenvalue weighted by atomic mass is 10.2. The molecule has 1 aromatic carbocycles. The highest BCUT2D eigenvalue weighted by Gasteiger charge is 2.14. The third-order valence-electron chi connectivity index (χ3n) is 2.29. The van der Waals surface area contributed by atoms with Gasteiger partial charge in [-0.2, -0.15) is 0 Å². The van der Waals surface area contributed by atoms with E-state index in [0.29, 0.717) is 0 Å². The lowest BCUT2D eigenvalue weighted by molar-refractivity contribution is 0.102. The Bertz CT molecular complexity index is 657. The summed E-state index contributed by atoms with van der Waals surface area (Å²) in [5, 5.41) is 2.11. The number of rotatable bonds is 2. The summed E-state index contributed by atoms with van der Waals surface area (Å²) >= 11 is 2.93. The van der Waals surface area contributed by atoms with Crippen molar-refractivity contribution in [3.63, 3.8) is 0 Å². The van der Waals surface area contributed by atoms with E-state index in [2.05, 4.69) is 26.2 Å². The molecule has 1 amide bonds. The second-order valence-electron chi connectivity index (χ2n) is 3.64. The zero-order chi connectivity index (χ0) is 14.0. The lowest BCUT2D eigenvalue weighted by Gasteiger charge is -2.07. The average molecular weight is 329 g/mol. The Kier molecular flexibility index (Phi) is 3.75. The van der Waals surface area contributed by atoms with Gasteiger partial charge in [0.25, 0.3) is 5.91 Å². The highest BCUT2D eigenvalue weighted by Crippen LogP contribution is 2.24. The first-order chi connectivity index (χ1) is 8.97. The van der Waals surface area contributed by atoms with Crippen molar-refractivity contribution in [2.45, 2.75) is 0 Å². The molecule has 2 N–H and O–H groups in total. The van der Waals surface area contributed by atoms with E-state index in [-0.39, 0.29) is 15.6 Å². The van der Waals surface area contributed by atoms with Crippen LogP contribution in [0.3, 0.4) is 0 Å². The van der Waals surface area contributed by atoms with E-state index >= 15 is 0 Å². The summed E-state index contributed by atoms with van der Waals surface area (Å²) in [6, 6.07) is 4.46. The van der Waals surface area contributed by atoms with Gasteiger partial charge < -0.3 is 10.3 Å². The molecule has 4 nitrogen and oxygen atoms in total. The van der Waals surface area contributed by atoms with E-state index in [1.54, 1.807) is 0 Å². The minimum Gasteiger partial charge on any atom is -0.328 e. The van der Waals surface area contributed by atoms with Crippen LogP contribution in [0, 0.1) is 11.6 Å². The van der Waals surface area contributed by atoms with E-state index in [4.69, 9.17) is 0 Å². The maximum Gasteiger partial charge on any atom is 0.257 e. The zero-order valence-electron chi connectivity index (χ0n) is 9.34. The molecule has 0 aliphatic carbocycles. The van der Waals surface area contributed by atoms with Gasteiger partial charge in [-0.15, -0.1) is 0 Å². The maximum absolute atomic E-state index is 13.5. The van der Waals surface area contributed by atoms with E-state index in [9.17, 15) is 18.4 Å². The van der Waals surface area contributed by atoms with Gasteiger partial charge in [-0.1, -0.05) is 15.9 Å². The third-order valence-corrected chi connectivity index (χ3v) is 2.75. The van der Waals surface area contributed by atoms with Gasteiger partial charge in [0.05, 0.1) is 5.56 Å². The van der Waals surface area contributed by atoms with Crippen molar-refractivity contribution in [1.29, 1.82) is 0 Å². The fraction of sp³-hybridized carbons (Fsp3) is 0. The molecule has 0 radical (unpaired) electrons. The number of hydrogen-bond acceptors (Lipinski definition) is 2. The third kappa shape index (κ3) is 3.05. The Morgan fingerprint density at radius 2 is 1.84 bits per heavy atom. The van der Waals surface area contributed by atoms with Gasteiger partial charge in [0.1, 0.15) is 5.69 Å². The Morgan fingerprint density at radius 1 is 1.21 bits per heavy atom. The molecule has 0 fully saturated rings. The molecule has 0 unspecified atom stereocenters. The molecular formula is C12H7BrF2N2O2. The van der Waals surface area contributed by atoms with Crippen LogP contribution in [0.1, 0.15) is 10.4 Å². The molecule has 0 spiro atoms. The molecule has 2 aromatic rings. The second kappa shape index (κ2) is 5.31. The number of carbonyl (C=O) groups is 1. The molecule has 0 bridgehead atoms. The predicted octanol–water partition coefficient (Wildman–Crippen LogP) is 2.67. The van der Waals surface area contributed by atoms with Crippen molar-refractivity contribution in [3.05, 3.63) is 62.5 Å². The largest absolute Gasteiger partial charge is 0.328 e. The van der Waals surface area contributed by atoms with Gasteiger partial charge in [0, 0.05) is 16.7 Å². The van der Waals surface area contributed by atoms with Crippen molar-refractivity contribution >= 4 is 27.5 Å². The summed E-state index contributed by atoms with van der Waals surface area (Å²) in [4.78, 5) is 24.9. The number of aromatic amines is 1. The summed E-state index contributed by atoms with van der Waals surface area (Å²) in [5.74, 6) is -2.52. The molecule has 1 heterocycles. The van der Waals surface area contributed by atoms with Crippen LogP contribution in [0.5, 0.6) is 0 Å². The number of aromatic nitrogens is 1. The molecule has 0 atom stereocenters. The van der Waals surface area contributed by atoms with Crippen molar-refractivity contribution in [2.24, 2.45) is 0 Å². The first-order valence-corrected chi connectivity index (χ1v) is 5.91. The minimum atomic E-state index is -0.898. The molecule has 0 saturated heterocycles. The normalized spacial score (nSPS) is 10.3. The van der Waals surface area contributed by atoms with E-state index in [1.165, 1.54) is 6.07 Å². The van der Waals surface area contributed by atoms with E-state index in [0.717, 1.165) is 24.4 Å². The number of nitrogens with one attached hydrogen (secondary N) is 2. The Hall–Kier alpha value is -2.02. The number of pyridine rings is 1. The quantitative estimate of drug-likeness (QED) is 0.890. The molecule has 7 heteroatoms. The van der Waals surface area contributed by atoms with Crippen LogP contribution in [0.4, 0.5) is 14.5 Å². The second-order valence-corrected chi connectivity index (χ2v) is 4.56. The van der Waals surface area contributed by atoms with E-state index < -0.39 is 23.2 Å². The monoisotopic (exact) mass is 328 g/mol. The number of benzene rings is 1. The molecule has 2 rings (SSSR count). The fourth-order valence-corrected chi connectivity index (χ4v) is 1.80. The molecule has 98 valence electrons. The van der Waals surface area contributed by atoms with Gasteiger partial charge in [-0.3, -0.25) is 9.59 Å². The van der Waals surface area contributed by atoms with Crippen molar-refractivity contribution < 1.29 is 13.6 Å². The first-order valence-electron chi connectivity index (χ1n) is 5.12. The predicted molar refractivity (Wildman–Crippen MR) is 69.1 cm³/mol. The topological polar surface area (TPSA) is 62.0 Å². The summed E-state index contributed by atoms with van der Waals surface area (Å²) in [5.41, 5.74) is -0.835. The first kappa shape index (κ1) is 13.4.